The number of phenolic OH excluding ortho intramolecular Hbond substituents is 1. The summed E-state index contributed by atoms with van der Waals surface area (Å²) in [6.45, 7) is 7.19. The van der Waals surface area contributed by atoms with Crippen LogP contribution in [0.5, 0.6) is 5.75 Å². The fraction of sp³-hybridized carbons (Fsp3) is 0.455. The second-order valence-electron chi connectivity index (χ2n) is 4.00. The van der Waals surface area contributed by atoms with Crippen molar-refractivity contribution in [1.82, 2.24) is 0 Å². The van der Waals surface area contributed by atoms with Crippen molar-refractivity contribution in [3.63, 3.8) is 0 Å². The Morgan fingerprint density at radius 1 is 1.15 bits per heavy atom. The molecule has 0 radical (unpaired) electrons. The molecule has 0 amide bonds. The lowest BCUT2D eigenvalue weighted by Crippen LogP contribution is -2.15. The van der Waals surface area contributed by atoms with E-state index >= 15 is 0 Å². The SMILES string of the molecule is Cc1cc(C(C)(C)O)cc(O)c1C. The van der Waals surface area contributed by atoms with Gasteiger partial charge >= 0.3 is 0 Å². The van der Waals surface area contributed by atoms with Crippen molar-refractivity contribution in [3.8, 4) is 5.75 Å². The van der Waals surface area contributed by atoms with Gasteiger partial charge in [0.05, 0.1) is 5.60 Å². The zero-order chi connectivity index (χ0) is 10.2. The molecule has 2 nitrogen and oxygen atoms in total. The van der Waals surface area contributed by atoms with E-state index in [2.05, 4.69) is 0 Å². The van der Waals surface area contributed by atoms with Gasteiger partial charge in [-0.1, -0.05) is 6.07 Å². The summed E-state index contributed by atoms with van der Waals surface area (Å²) < 4.78 is 0. The number of aromatic hydroxyl groups is 1. The Morgan fingerprint density at radius 3 is 2.08 bits per heavy atom. The van der Waals surface area contributed by atoms with Gasteiger partial charge in [-0.15, -0.1) is 0 Å². The summed E-state index contributed by atoms with van der Waals surface area (Å²) in [4.78, 5) is 0. The molecule has 1 aromatic carbocycles. The van der Waals surface area contributed by atoms with Crippen molar-refractivity contribution in [3.05, 3.63) is 28.8 Å². The van der Waals surface area contributed by atoms with E-state index in [1.165, 1.54) is 0 Å². The molecule has 1 aromatic rings. The molecular formula is C11H16O2. The fourth-order valence-corrected chi connectivity index (χ4v) is 1.19. The lowest BCUT2D eigenvalue weighted by Gasteiger charge is -2.19. The summed E-state index contributed by atoms with van der Waals surface area (Å²) in [5, 5.41) is 19.3. The van der Waals surface area contributed by atoms with Crippen LogP contribution in [-0.4, -0.2) is 10.2 Å². The van der Waals surface area contributed by atoms with E-state index in [-0.39, 0.29) is 5.75 Å². The maximum Gasteiger partial charge on any atom is 0.119 e. The Kier molecular flexibility index (Phi) is 2.35. The molecule has 0 aliphatic carbocycles. The molecule has 13 heavy (non-hydrogen) atoms. The second kappa shape index (κ2) is 3.04. The van der Waals surface area contributed by atoms with Crippen LogP contribution in [0.2, 0.25) is 0 Å². The van der Waals surface area contributed by atoms with Crippen molar-refractivity contribution in [2.45, 2.75) is 33.3 Å². The molecule has 0 saturated carbocycles. The summed E-state index contributed by atoms with van der Waals surface area (Å²) in [5.41, 5.74) is 1.72. The van der Waals surface area contributed by atoms with E-state index in [1.54, 1.807) is 19.9 Å². The molecule has 0 unspecified atom stereocenters. The summed E-state index contributed by atoms with van der Waals surface area (Å²) in [7, 11) is 0. The van der Waals surface area contributed by atoms with E-state index in [1.807, 2.05) is 19.9 Å². The van der Waals surface area contributed by atoms with Gasteiger partial charge < -0.3 is 10.2 Å². The van der Waals surface area contributed by atoms with Gasteiger partial charge in [0.25, 0.3) is 0 Å². The molecule has 0 fully saturated rings. The Hall–Kier alpha value is -1.02. The molecule has 72 valence electrons. The Balaban J connectivity index is 3.29. The predicted octanol–water partition coefficient (Wildman–Crippen LogP) is 2.24. The first kappa shape index (κ1) is 10.1. The largest absolute Gasteiger partial charge is 0.508 e. The number of hydrogen-bond acceptors (Lipinski definition) is 2. The molecular weight excluding hydrogens is 164 g/mol. The van der Waals surface area contributed by atoms with Gasteiger partial charge in [0.15, 0.2) is 0 Å². The minimum atomic E-state index is -0.893. The van der Waals surface area contributed by atoms with Gasteiger partial charge in [-0.3, -0.25) is 0 Å². The van der Waals surface area contributed by atoms with Gasteiger partial charge in [-0.2, -0.15) is 0 Å². The van der Waals surface area contributed by atoms with E-state index in [0.717, 1.165) is 16.7 Å². The summed E-state index contributed by atoms with van der Waals surface area (Å²) in [5.74, 6) is 0.247. The van der Waals surface area contributed by atoms with Crippen LogP contribution in [0.1, 0.15) is 30.5 Å². The molecule has 2 N–H and O–H groups in total. The van der Waals surface area contributed by atoms with Gasteiger partial charge in [0, 0.05) is 0 Å². The lowest BCUT2D eigenvalue weighted by molar-refractivity contribution is 0.0782. The maximum atomic E-state index is 9.72. The smallest absolute Gasteiger partial charge is 0.119 e. The zero-order valence-corrected chi connectivity index (χ0v) is 8.55. The highest BCUT2D eigenvalue weighted by Crippen LogP contribution is 2.28. The molecule has 0 heterocycles. The standard InChI is InChI=1S/C11H16O2/c1-7-5-9(11(3,4)13)6-10(12)8(7)2/h5-6,12-13H,1-4H3. The first-order valence-electron chi connectivity index (χ1n) is 4.35. The van der Waals surface area contributed by atoms with E-state index < -0.39 is 5.60 Å². The van der Waals surface area contributed by atoms with Crippen molar-refractivity contribution in [2.24, 2.45) is 0 Å². The van der Waals surface area contributed by atoms with Crippen LogP contribution in [0, 0.1) is 13.8 Å². The normalized spacial score (nSPS) is 11.8. The third-order valence-corrected chi connectivity index (χ3v) is 2.35. The third kappa shape index (κ3) is 2.01. The Bertz CT molecular complexity index is 298. The highest BCUT2D eigenvalue weighted by molar-refractivity contribution is 5.42. The summed E-state index contributed by atoms with van der Waals surface area (Å²) in [6, 6.07) is 3.51. The van der Waals surface area contributed by atoms with Crippen molar-refractivity contribution in [2.75, 3.05) is 0 Å². The predicted molar refractivity (Wildman–Crippen MR) is 52.8 cm³/mol. The van der Waals surface area contributed by atoms with Crippen LogP contribution in [0.4, 0.5) is 0 Å². The lowest BCUT2D eigenvalue weighted by atomic mass is 9.94. The molecule has 0 aliphatic rings. The molecule has 0 saturated heterocycles. The molecule has 0 aromatic heterocycles. The molecule has 0 spiro atoms. The number of hydrogen-bond donors (Lipinski definition) is 2. The van der Waals surface area contributed by atoms with Gasteiger partial charge in [-0.05, 0) is 50.5 Å². The highest BCUT2D eigenvalue weighted by Gasteiger charge is 2.17. The Labute approximate surface area is 78.8 Å². The van der Waals surface area contributed by atoms with Gasteiger partial charge in [-0.25, -0.2) is 0 Å². The molecule has 1 rings (SSSR count). The van der Waals surface area contributed by atoms with Crippen LogP contribution in [0.3, 0.4) is 0 Å². The van der Waals surface area contributed by atoms with E-state index in [0.29, 0.717) is 0 Å². The monoisotopic (exact) mass is 180 g/mol. The second-order valence-corrected chi connectivity index (χ2v) is 4.00. The minimum absolute atomic E-state index is 0.247. The maximum absolute atomic E-state index is 9.72. The molecule has 0 atom stereocenters. The number of aryl methyl sites for hydroxylation is 1. The number of benzene rings is 1. The Morgan fingerprint density at radius 2 is 1.69 bits per heavy atom. The fourth-order valence-electron chi connectivity index (χ4n) is 1.19. The third-order valence-electron chi connectivity index (χ3n) is 2.35. The van der Waals surface area contributed by atoms with Gasteiger partial charge in [0.2, 0.25) is 0 Å². The first-order valence-corrected chi connectivity index (χ1v) is 4.35. The number of phenols is 1. The number of rotatable bonds is 1. The average molecular weight is 180 g/mol. The first-order chi connectivity index (χ1) is 5.82. The van der Waals surface area contributed by atoms with Crippen LogP contribution < -0.4 is 0 Å². The molecule has 2 heteroatoms. The highest BCUT2D eigenvalue weighted by atomic mass is 16.3. The van der Waals surface area contributed by atoms with E-state index in [9.17, 15) is 10.2 Å². The van der Waals surface area contributed by atoms with Crippen molar-refractivity contribution in [1.29, 1.82) is 0 Å². The van der Waals surface area contributed by atoms with Gasteiger partial charge in [0.1, 0.15) is 5.75 Å². The zero-order valence-electron chi connectivity index (χ0n) is 8.55. The van der Waals surface area contributed by atoms with Crippen LogP contribution >= 0.6 is 0 Å². The van der Waals surface area contributed by atoms with Crippen LogP contribution in [-0.2, 0) is 5.60 Å². The van der Waals surface area contributed by atoms with Crippen molar-refractivity contribution < 1.29 is 10.2 Å². The molecule has 0 bridgehead atoms. The topological polar surface area (TPSA) is 40.5 Å². The summed E-state index contributed by atoms with van der Waals surface area (Å²) in [6.07, 6.45) is 0. The van der Waals surface area contributed by atoms with Crippen LogP contribution in [0.15, 0.2) is 12.1 Å². The number of aliphatic hydroxyl groups is 1. The summed E-state index contributed by atoms with van der Waals surface area (Å²) >= 11 is 0. The van der Waals surface area contributed by atoms with Crippen molar-refractivity contribution >= 4 is 0 Å². The quantitative estimate of drug-likeness (QED) is 0.695. The average Bonchev–Trinajstić information content (AvgIpc) is 1.97. The van der Waals surface area contributed by atoms with E-state index in [4.69, 9.17) is 0 Å². The minimum Gasteiger partial charge on any atom is -0.508 e. The van der Waals surface area contributed by atoms with Crippen LogP contribution in [0.25, 0.3) is 0 Å². The molecule has 0 aliphatic heterocycles.